The molecule has 1 aliphatic heterocycles. The molecule has 2 aliphatic rings. The second kappa shape index (κ2) is 11.4. The van der Waals surface area contributed by atoms with Gasteiger partial charge in [0.25, 0.3) is 0 Å². The van der Waals surface area contributed by atoms with E-state index in [0.717, 1.165) is 24.9 Å². The molecule has 2 fully saturated rings. The molecule has 0 radical (unpaired) electrons. The van der Waals surface area contributed by atoms with Crippen LogP contribution in [0.3, 0.4) is 0 Å². The molecule has 2 atom stereocenters. The summed E-state index contributed by atoms with van der Waals surface area (Å²) in [7, 11) is -3.60. The molecule has 29 heavy (non-hydrogen) atoms. The van der Waals surface area contributed by atoms with E-state index in [9.17, 15) is 13.2 Å². The number of benzene rings is 1. The topological polar surface area (TPSA) is 95.7 Å². The van der Waals surface area contributed by atoms with Crippen molar-refractivity contribution in [2.75, 3.05) is 43.4 Å². The van der Waals surface area contributed by atoms with Crippen LogP contribution in [0.15, 0.2) is 24.3 Å². The molecule has 1 aromatic carbocycles. The molecule has 7 nitrogen and oxygen atoms in total. The van der Waals surface area contributed by atoms with Crippen LogP contribution >= 0.6 is 24.8 Å². The normalized spacial score (nSPS) is 22.5. The third kappa shape index (κ3) is 6.72. The highest BCUT2D eigenvalue weighted by atomic mass is 35.5. The summed E-state index contributed by atoms with van der Waals surface area (Å²) in [5.74, 6) is -0.637. The molecule has 1 saturated carbocycles. The Morgan fingerprint density at radius 3 is 2.48 bits per heavy atom. The van der Waals surface area contributed by atoms with Gasteiger partial charge in [-0.1, -0.05) is 18.6 Å². The smallest absolute Gasteiger partial charge is 0.236 e. The molecule has 2 unspecified atom stereocenters. The first kappa shape index (κ1) is 26.0. The predicted molar refractivity (Wildman–Crippen MR) is 122 cm³/mol. The van der Waals surface area contributed by atoms with Crippen molar-refractivity contribution >= 4 is 46.4 Å². The fourth-order valence-electron chi connectivity index (χ4n) is 4.06. The minimum atomic E-state index is -3.60. The van der Waals surface area contributed by atoms with Gasteiger partial charge in [0, 0.05) is 37.9 Å². The van der Waals surface area contributed by atoms with Crippen molar-refractivity contribution in [2.45, 2.75) is 32.2 Å². The molecule has 0 aromatic heterocycles. The Labute approximate surface area is 186 Å². The number of sulfonamides is 1. The number of hydrogen-bond acceptors (Lipinski definition) is 5. The number of anilines is 1. The van der Waals surface area contributed by atoms with Gasteiger partial charge in [-0.25, -0.2) is 8.42 Å². The van der Waals surface area contributed by atoms with Gasteiger partial charge >= 0.3 is 0 Å². The lowest BCUT2D eigenvalue weighted by Gasteiger charge is -2.35. The SMILES string of the molecule is Cc1cccc(N2CCN(S(=O)(=O)CC(=O)NC3CCCC3CN)CC2)c1.Cl.Cl. The number of piperazine rings is 1. The van der Waals surface area contributed by atoms with E-state index in [-0.39, 0.29) is 36.8 Å². The highest BCUT2D eigenvalue weighted by Crippen LogP contribution is 2.24. The molecule has 3 rings (SSSR count). The largest absolute Gasteiger partial charge is 0.369 e. The van der Waals surface area contributed by atoms with Gasteiger partial charge in [0.15, 0.2) is 0 Å². The van der Waals surface area contributed by atoms with E-state index >= 15 is 0 Å². The van der Waals surface area contributed by atoms with Crippen LogP contribution in [0.1, 0.15) is 24.8 Å². The quantitative estimate of drug-likeness (QED) is 0.662. The zero-order valence-corrected chi connectivity index (χ0v) is 19.2. The Bertz CT molecular complexity index is 770. The lowest BCUT2D eigenvalue weighted by atomic mass is 10.0. The molecule has 166 valence electrons. The monoisotopic (exact) mass is 466 g/mol. The first-order chi connectivity index (χ1) is 12.9. The second-order valence-electron chi connectivity index (χ2n) is 7.58. The van der Waals surface area contributed by atoms with Crippen molar-refractivity contribution in [3.05, 3.63) is 29.8 Å². The second-order valence-corrected chi connectivity index (χ2v) is 9.55. The van der Waals surface area contributed by atoms with Crippen molar-refractivity contribution in [3.63, 3.8) is 0 Å². The van der Waals surface area contributed by atoms with E-state index < -0.39 is 21.7 Å². The molecule has 0 bridgehead atoms. The fourth-order valence-corrected chi connectivity index (χ4v) is 5.38. The van der Waals surface area contributed by atoms with Gasteiger partial charge in [-0.15, -0.1) is 24.8 Å². The minimum absolute atomic E-state index is 0. The number of amides is 1. The van der Waals surface area contributed by atoms with Crippen LogP contribution in [0.4, 0.5) is 5.69 Å². The molecule has 1 aliphatic carbocycles. The van der Waals surface area contributed by atoms with Gasteiger partial charge in [-0.3, -0.25) is 4.79 Å². The van der Waals surface area contributed by atoms with Crippen LogP contribution < -0.4 is 16.0 Å². The number of halogens is 2. The summed E-state index contributed by atoms with van der Waals surface area (Å²) in [6.45, 7) is 4.63. The number of aryl methyl sites for hydroxylation is 1. The average molecular weight is 467 g/mol. The molecule has 0 spiro atoms. The number of rotatable bonds is 6. The van der Waals surface area contributed by atoms with Crippen molar-refractivity contribution in [1.29, 1.82) is 0 Å². The number of nitrogens with two attached hydrogens (primary N) is 1. The van der Waals surface area contributed by atoms with Crippen LogP contribution in [-0.4, -0.2) is 63.1 Å². The number of nitrogens with zero attached hydrogens (tertiary/aromatic N) is 2. The maximum Gasteiger partial charge on any atom is 0.236 e. The number of nitrogens with one attached hydrogen (secondary N) is 1. The van der Waals surface area contributed by atoms with Crippen LogP contribution in [0.5, 0.6) is 0 Å². The average Bonchev–Trinajstić information content (AvgIpc) is 3.08. The van der Waals surface area contributed by atoms with Gasteiger partial charge in [0.05, 0.1) is 0 Å². The standard InChI is InChI=1S/C19H30N4O3S.2ClH/c1-15-4-2-6-17(12-15)22-8-10-23(11-9-22)27(25,26)14-19(24)21-18-7-3-5-16(18)13-20;;/h2,4,6,12,16,18H,3,5,7-11,13-14,20H2,1H3,(H,21,24);2*1H. The van der Waals surface area contributed by atoms with E-state index in [2.05, 4.69) is 16.3 Å². The van der Waals surface area contributed by atoms with Gasteiger partial charge in [0.1, 0.15) is 5.75 Å². The molecular weight excluding hydrogens is 435 g/mol. The van der Waals surface area contributed by atoms with Crippen LogP contribution in [0, 0.1) is 12.8 Å². The molecule has 1 heterocycles. The van der Waals surface area contributed by atoms with Gasteiger partial charge < -0.3 is 16.0 Å². The van der Waals surface area contributed by atoms with E-state index in [0.29, 0.717) is 32.7 Å². The summed E-state index contributed by atoms with van der Waals surface area (Å²) in [6.07, 6.45) is 2.90. The fraction of sp³-hybridized carbons (Fsp3) is 0.632. The third-order valence-corrected chi connectivity index (χ3v) is 7.40. The summed E-state index contributed by atoms with van der Waals surface area (Å²) in [4.78, 5) is 14.5. The van der Waals surface area contributed by atoms with Crippen LogP contribution in [0.2, 0.25) is 0 Å². The predicted octanol–water partition coefficient (Wildman–Crippen LogP) is 1.53. The van der Waals surface area contributed by atoms with E-state index in [1.165, 1.54) is 9.87 Å². The van der Waals surface area contributed by atoms with Crippen molar-refractivity contribution in [2.24, 2.45) is 11.7 Å². The van der Waals surface area contributed by atoms with Gasteiger partial charge in [-0.05, 0) is 49.9 Å². The Hall–Kier alpha value is -1.06. The Morgan fingerprint density at radius 2 is 1.86 bits per heavy atom. The number of hydrogen-bond donors (Lipinski definition) is 2. The van der Waals surface area contributed by atoms with Crippen molar-refractivity contribution in [3.8, 4) is 0 Å². The summed E-state index contributed by atoms with van der Waals surface area (Å²) >= 11 is 0. The molecule has 1 amide bonds. The number of carbonyl (C=O) groups excluding carboxylic acids is 1. The molecule has 1 aromatic rings. The maximum absolute atomic E-state index is 12.6. The summed E-state index contributed by atoms with van der Waals surface area (Å²) < 4.78 is 26.7. The highest BCUT2D eigenvalue weighted by molar-refractivity contribution is 7.89. The van der Waals surface area contributed by atoms with Crippen molar-refractivity contribution < 1.29 is 13.2 Å². The highest BCUT2D eigenvalue weighted by Gasteiger charge is 2.32. The lowest BCUT2D eigenvalue weighted by Crippen LogP contribution is -2.51. The van der Waals surface area contributed by atoms with Gasteiger partial charge in [-0.2, -0.15) is 4.31 Å². The van der Waals surface area contributed by atoms with Crippen molar-refractivity contribution in [1.82, 2.24) is 9.62 Å². The lowest BCUT2D eigenvalue weighted by molar-refractivity contribution is -0.119. The molecule has 1 saturated heterocycles. The molecular formula is C19H32Cl2N4O3S. The summed E-state index contributed by atoms with van der Waals surface area (Å²) in [6, 6.07) is 8.21. The van der Waals surface area contributed by atoms with Gasteiger partial charge in [0.2, 0.25) is 15.9 Å². The number of carbonyl (C=O) groups is 1. The summed E-state index contributed by atoms with van der Waals surface area (Å²) in [5, 5.41) is 2.88. The maximum atomic E-state index is 12.6. The molecule has 3 N–H and O–H groups in total. The van der Waals surface area contributed by atoms with Crippen LogP contribution in [0.25, 0.3) is 0 Å². The Kier molecular flexibility index (Phi) is 10.2. The zero-order chi connectivity index (χ0) is 19.4. The first-order valence-electron chi connectivity index (χ1n) is 9.68. The van der Waals surface area contributed by atoms with Crippen LogP contribution in [-0.2, 0) is 14.8 Å². The van der Waals surface area contributed by atoms with E-state index in [1.807, 2.05) is 25.1 Å². The first-order valence-corrected chi connectivity index (χ1v) is 11.3. The minimum Gasteiger partial charge on any atom is -0.369 e. The van der Waals surface area contributed by atoms with E-state index in [1.54, 1.807) is 0 Å². The zero-order valence-electron chi connectivity index (χ0n) is 16.7. The third-order valence-electron chi connectivity index (χ3n) is 5.62. The Morgan fingerprint density at radius 1 is 1.17 bits per heavy atom. The Balaban J connectivity index is 0.00000210. The van der Waals surface area contributed by atoms with E-state index in [4.69, 9.17) is 5.73 Å². The molecule has 10 heteroatoms. The summed E-state index contributed by atoms with van der Waals surface area (Å²) in [5.41, 5.74) is 8.02.